The maximum atomic E-state index is 13.0. The molecule has 224 valence electrons. The molecule has 1 amide bonds. The largest absolute Gasteiger partial charge is 0.488 e. The molecule has 6 rings (SSSR count). The highest BCUT2D eigenvalue weighted by Gasteiger charge is 2.44. The number of nitrogens with zero attached hydrogens (tertiary/aromatic N) is 5. The van der Waals surface area contributed by atoms with Gasteiger partial charge in [-0.2, -0.15) is 5.10 Å². The number of hydrogen-bond acceptors (Lipinski definition) is 9. The molecule has 2 unspecified atom stereocenters. The highest BCUT2D eigenvalue weighted by molar-refractivity contribution is 5.87. The first-order valence-electron chi connectivity index (χ1n) is 14.2. The number of carbonyl (C=O) groups excluding carboxylic acids is 1. The van der Waals surface area contributed by atoms with Crippen molar-refractivity contribution in [2.45, 2.75) is 64.3 Å². The van der Waals surface area contributed by atoms with Crippen LogP contribution in [0.3, 0.4) is 0 Å². The normalized spacial score (nSPS) is 20.1. The molecule has 6 heterocycles. The van der Waals surface area contributed by atoms with E-state index >= 15 is 0 Å². The fraction of sp³-hybridized carbons (Fsp3) is 0.387. The smallest absolute Gasteiger partial charge is 0.410 e. The first kappa shape index (κ1) is 28.4. The van der Waals surface area contributed by atoms with Crippen molar-refractivity contribution in [3.05, 3.63) is 66.2 Å². The fourth-order valence-electron chi connectivity index (χ4n) is 5.57. The van der Waals surface area contributed by atoms with Crippen LogP contribution >= 0.6 is 0 Å². The van der Waals surface area contributed by atoms with Crippen molar-refractivity contribution in [1.82, 2.24) is 24.5 Å². The van der Waals surface area contributed by atoms with Gasteiger partial charge in [-0.05, 0) is 63.6 Å². The van der Waals surface area contributed by atoms with Crippen molar-refractivity contribution in [2.24, 2.45) is 0 Å². The predicted octanol–water partition coefficient (Wildman–Crippen LogP) is 5.09. The fourth-order valence-corrected chi connectivity index (χ4v) is 5.57. The lowest BCUT2D eigenvalue weighted by molar-refractivity contribution is -0.0993. The van der Waals surface area contributed by atoms with Crippen molar-refractivity contribution in [2.75, 3.05) is 18.5 Å². The van der Waals surface area contributed by atoms with Crippen LogP contribution in [-0.4, -0.2) is 78.7 Å². The van der Waals surface area contributed by atoms with Crippen LogP contribution in [0.15, 0.2) is 55.0 Å². The van der Waals surface area contributed by atoms with E-state index in [9.17, 15) is 9.59 Å². The van der Waals surface area contributed by atoms with Gasteiger partial charge >= 0.3 is 12.1 Å². The maximum absolute atomic E-state index is 13.0. The number of aromatic carboxylic acids is 1. The van der Waals surface area contributed by atoms with E-state index in [1.54, 1.807) is 16.8 Å². The number of morpholine rings is 1. The highest BCUT2D eigenvalue weighted by atomic mass is 16.6. The first-order chi connectivity index (χ1) is 20.5. The van der Waals surface area contributed by atoms with Crippen molar-refractivity contribution in [1.29, 1.82) is 0 Å². The summed E-state index contributed by atoms with van der Waals surface area (Å²) < 4.78 is 19.8. The molecule has 12 nitrogen and oxygen atoms in total. The zero-order valence-electron chi connectivity index (χ0n) is 24.5. The van der Waals surface area contributed by atoms with E-state index < -0.39 is 11.6 Å². The molecule has 2 bridgehead atoms. The number of rotatable bonds is 6. The Balaban J connectivity index is 1.21. The molecular weight excluding hydrogens is 552 g/mol. The number of carboxylic acids is 1. The number of carboxylic acid groups (broad SMARTS) is 1. The predicted molar refractivity (Wildman–Crippen MR) is 158 cm³/mol. The topological polar surface area (TPSA) is 140 Å². The summed E-state index contributed by atoms with van der Waals surface area (Å²) in [6.07, 6.45) is 5.76. The summed E-state index contributed by atoms with van der Waals surface area (Å²) >= 11 is 0. The quantitative estimate of drug-likeness (QED) is 0.314. The van der Waals surface area contributed by atoms with Crippen LogP contribution in [0.4, 0.5) is 16.4 Å². The number of piperidine rings is 1. The molecule has 2 fully saturated rings. The number of aryl methyl sites for hydroxylation is 1. The van der Waals surface area contributed by atoms with Gasteiger partial charge in [0.2, 0.25) is 0 Å². The second-order valence-electron chi connectivity index (χ2n) is 11.9. The van der Waals surface area contributed by atoms with E-state index in [0.717, 1.165) is 22.3 Å². The third-order valence-electron chi connectivity index (χ3n) is 7.42. The van der Waals surface area contributed by atoms with Gasteiger partial charge in [0.1, 0.15) is 23.3 Å². The van der Waals surface area contributed by atoms with Gasteiger partial charge in [-0.15, -0.1) is 0 Å². The van der Waals surface area contributed by atoms with Gasteiger partial charge in [0, 0.05) is 42.6 Å². The van der Waals surface area contributed by atoms with Gasteiger partial charge in [0.05, 0.1) is 42.6 Å². The minimum Gasteiger partial charge on any atom is -0.488 e. The number of nitrogens with one attached hydrogen (secondary N) is 1. The molecule has 2 saturated heterocycles. The minimum atomic E-state index is -1.03. The third kappa shape index (κ3) is 6.24. The van der Waals surface area contributed by atoms with Gasteiger partial charge in [-0.1, -0.05) is 0 Å². The summed E-state index contributed by atoms with van der Waals surface area (Å²) in [5.74, 6) is 0.699. The number of carbonyl (C=O) groups is 2. The monoisotopic (exact) mass is 586 g/mol. The summed E-state index contributed by atoms with van der Waals surface area (Å²) in [5, 5.41) is 16.8. The first-order valence-corrected chi connectivity index (χ1v) is 14.2. The molecule has 0 aliphatic carbocycles. The molecule has 2 aliphatic rings. The molecule has 0 saturated carbocycles. The summed E-state index contributed by atoms with van der Waals surface area (Å²) in [6, 6.07) is 10.7. The van der Waals surface area contributed by atoms with Crippen LogP contribution in [0.25, 0.3) is 16.6 Å². The lowest BCUT2D eigenvalue weighted by Crippen LogP contribution is -2.61. The minimum absolute atomic E-state index is 0.112. The Morgan fingerprint density at radius 1 is 1.02 bits per heavy atom. The zero-order valence-corrected chi connectivity index (χ0v) is 24.5. The average Bonchev–Trinajstić information content (AvgIpc) is 3.34. The Hall–Kier alpha value is -4.71. The Bertz CT molecular complexity index is 1650. The summed E-state index contributed by atoms with van der Waals surface area (Å²) in [4.78, 5) is 34.6. The Kier molecular flexibility index (Phi) is 7.38. The summed E-state index contributed by atoms with van der Waals surface area (Å²) in [5.41, 5.74) is 3.10. The number of anilines is 2. The average molecular weight is 587 g/mol. The Labute approximate surface area is 248 Å². The van der Waals surface area contributed by atoms with E-state index in [2.05, 4.69) is 20.4 Å². The molecule has 2 aliphatic heterocycles. The van der Waals surface area contributed by atoms with Crippen molar-refractivity contribution >= 4 is 29.2 Å². The summed E-state index contributed by atoms with van der Waals surface area (Å²) in [6.45, 7) is 8.45. The summed E-state index contributed by atoms with van der Waals surface area (Å²) in [7, 11) is 0. The molecule has 12 heteroatoms. The van der Waals surface area contributed by atoms with Crippen molar-refractivity contribution in [3.63, 3.8) is 0 Å². The van der Waals surface area contributed by atoms with Crippen molar-refractivity contribution < 1.29 is 28.9 Å². The molecule has 4 aromatic heterocycles. The van der Waals surface area contributed by atoms with E-state index in [1.165, 1.54) is 12.3 Å². The number of fused-ring (bicyclic) bond motifs is 3. The number of aromatic nitrogens is 4. The van der Waals surface area contributed by atoms with Crippen LogP contribution < -0.4 is 10.1 Å². The number of ether oxygens (including phenoxy) is 3. The van der Waals surface area contributed by atoms with Crippen LogP contribution in [-0.2, 0) is 9.47 Å². The molecule has 2 N–H and O–H groups in total. The van der Waals surface area contributed by atoms with Gasteiger partial charge in [0.15, 0.2) is 5.82 Å². The number of amides is 1. The van der Waals surface area contributed by atoms with Crippen LogP contribution in [0.1, 0.15) is 49.7 Å². The van der Waals surface area contributed by atoms with E-state index in [0.29, 0.717) is 43.4 Å². The van der Waals surface area contributed by atoms with E-state index in [-0.39, 0.29) is 29.8 Å². The second-order valence-corrected chi connectivity index (χ2v) is 11.9. The second kappa shape index (κ2) is 11.2. The van der Waals surface area contributed by atoms with E-state index in [1.807, 2.05) is 63.1 Å². The molecular formula is C31H34N6O6. The Morgan fingerprint density at radius 3 is 2.47 bits per heavy atom. The standard InChI is InChI=1S/C31H34N6O6/c1-18-9-25(19-7-8-36-21(10-19)13-28(35-36)34-27-6-5-20(14-33-27)29(38)39)26(15-32-18)42-24-11-22-16-41-17-23(12-24)37(22)30(40)43-31(2,3)4/h5-10,13-15,22-24H,11-12,16-17H2,1-4H3,(H,38,39)(H,33,34,35). The van der Waals surface area contributed by atoms with Crippen LogP contribution in [0, 0.1) is 6.92 Å². The van der Waals surface area contributed by atoms with Crippen LogP contribution in [0.2, 0.25) is 0 Å². The molecule has 2 atom stereocenters. The number of hydrogen-bond donors (Lipinski definition) is 2. The van der Waals surface area contributed by atoms with Gasteiger partial charge < -0.3 is 24.6 Å². The molecule has 43 heavy (non-hydrogen) atoms. The van der Waals surface area contributed by atoms with Gasteiger partial charge in [-0.25, -0.2) is 19.1 Å². The molecule has 0 aromatic carbocycles. The SMILES string of the molecule is Cc1cc(-c2ccn3nc(Nc4ccc(C(=O)O)cn4)cc3c2)c(OC2CC3COCC(C2)N3C(=O)OC(C)(C)C)cn1. The Morgan fingerprint density at radius 2 is 1.79 bits per heavy atom. The molecule has 0 radical (unpaired) electrons. The lowest BCUT2D eigenvalue weighted by Gasteiger charge is -2.48. The van der Waals surface area contributed by atoms with Crippen LogP contribution in [0.5, 0.6) is 5.75 Å². The van der Waals surface area contributed by atoms with E-state index in [4.69, 9.17) is 19.3 Å². The maximum Gasteiger partial charge on any atom is 0.410 e. The van der Waals surface area contributed by atoms with Crippen molar-refractivity contribution in [3.8, 4) is 16.9 Å². The molecule has 4 aromatic rings. The lowest BCUT2D eigenvalue weighted by atomic mass is 9.92. The third-order valence-corrected chi connectivity index (χ3v) is 7.42. The zero-order chi connectivity index (χ0) is 30.3. The van der Waals surface area contributed by atoms with Gasteiger partial charge in [-0.3, -0.25) is 9.88 Å². The molecule has 0 spiro atoms. The highest BCUT2D eigenvalue weighted by Crippen LogP contribution is 2.36. The van der Waals surface area contributed by atoms with Gasteiger partial charge in [0.25, 0.3) is 0 Å². The number of pyridine rings is 3.